The van der Waals surface area contributed by atoms with Gasteiger partial charge in [-0.05, 0) is 12.1 Å². The summed E-state index contributed by atoms with van der Waals surface area (Å²) in [6, 6.07) is 7.71. The first-order valence-corrected chi connectivity index (χ1v) is 7.81. The average Bonchev–Trinajstić information content (AvgIpc) is 2.50. The van der Waals surface area contributed by atoms with Gasteiger partial charge in [0.25, 0.3) is 0 Å². The van der Waals surface area contributed by atoms with Crippen LogP contribution in [0.4, 0.5) is 0 Å². The van der Waals surface area contributed by atoms with Crippen LogP contribution in [0, 0.1) is 0 Å². The van der Waals surface area contributed by atoms with Gasteiger partial charge in [0.1, 0.15) is 13.2 Å². The molecule has 0 spiro atoms. The molecule has 0 bridgehead atoms. The fraction of sp³-hybridized carbons (Fsp3) is 0.286. The van der Waals surface area contributed by atoms with E-state index in [1.165, 1.54) is 12.1 Å². The molecule has 0 amide bonds. The first-order chi connectivity index (χ1) is 9.95. The van der Waals surface area contributed by atoms with E-state index in [9.17, 15) is 18.0 Å². The van der Waals surface area contributed by atoms with Crippen molar-refractivity contribution in [2.24, 2.45) is 0 Å². The lowest BCUT2D eigenvalue weighted by atomic mass is 10.4. The Morgan fingerprint density at radius 3 is 2.33 bits per heavy atom. The van der Waals surface area contributed by atoms with Gasteiger partial charge >= 0.3 is 11.9 Å². The predicted octanol–water partition coefficient (Wildman–Crippen LogP) is 1.47. The largest absolute Gasteiger partial charge is 0.462 e. The topological polar surface area (TPSA) is 86.7 Å². The van der Waals surface area contributed by atoms with Crippen LogP contribution in [0.5, 0.6) is 0 Å². The lowest BCUT2D eigenvalue weighted by Gasteiger charge is -2.03. The van der Waals surface area contributed by atoms with E-state index < -0.39 is 21.8 Å². The second kappa shape index (κ2) is 8.21. The zero-order valence-corrected chi connectivity index (χ0v) is 12.3. The van der Waals surface area contributed by atoms with Crippen molar-refractivity contribution in [3.05, 3.63) is 41.8 Å². The SMILES string of the molecule is CCC(=O)OCCOC(=O)/C=C/S(=O)(=O)c1ccccc1. The minimum Gasteiger partial charge on any atom is -0.462 e. The highest BCUT2D eigenvalue weighted by Crippen LogP contribution is 2.10. The second-order valence-corrected chi connectivity index (χ2v) is 5.74. The lowest BCUT2D eigenvalue weighted by molar-refractivity contribution is -0.149. The van der Waals surface area contributed by atoms with Crippen molar-refractivity contribution < 1.29 is 27.5 Å². The highest BCUT2D eigenvalue weighted by Gasteiger charge is 2.10. The number of rotatable bonds is 7. The Kier molecular flexibility index (Phi) is 6.61. The molecule has 0 fully saturated rings. The Balaban J connectivity index is 2.45. The summed E-state index contributed by atoms with van der Waals surface area (Å²) in [6.45, 7) is 1.46. The number of sulfone groups is 1. The van der Waals surface area contributed by atoms with Crippen molar-refractivity contribution in [1.29, 1.82) is 0 Å². The number of carbonyl (C=O) groups is 2. The fourth-order valence-corrected chi connectivity index (χ4v) is 2.27. The maximum absolute atomic E-state index is 11.8. The lowest BCUT2D eigenvalue weighted by Crippen LogP contribution is -2.12. The smallest absolute Gasteiger partial charge is 0.331 e. The molecule has 21 heavy (non-hydrogen) atoms. The van der Waals surface area contributed by atoms with Crippen LogP contribution in [0.3, 0.4) is 0 Å². The summed E-state index contributed by atoms with van der Waals surface area (Å²) in [5.41, 5.74) is 0. The Morgan fingerprint density at radius 1 is 1.10 bits per heavy atom. The second-order valence-electron chi connectivity index (χ2n) is 3.90. The van der Waals surface area contributed by atoms with Crippen LogP contribution in [-0.4, -0.2) is 33.6 Å². The minimum atomic E-state index is -3.67. The van der Waals surface area contributed by atoms with Crippen LogP contribution in [0.1, 0.15) is 13.3 Å². The molecular weight excluding hydrogens is 296 g/mol. The van der Waals surface area contributed by atoms with Crippen molar-refractivity contribution in [2.75, 3.05) is 13.2 Å². The van der Waals surface area contributed by atoms with Crippen LogP contribution >= 0.6 is 0 Å². The zero-order chi connectivity index (χ0) is 15.7. The fourth-order valence-electron chi connectivity index (χ4n) is 1.28. The first-order valence-electron chi connectivity index (χ1n) is 6.26. The number of hydrogen-bond donors (Lipinski definition) is 0. The quantitative estimate of drug-likeness (QED) is 0.430. The maximum Gasteiger partial charge on any atom is 0.331 e. The molecule has 0 heterocycles. The highest BCUT2D eigenvalue weighted by molar-refractivity contribution is 7.94. The number of ether oxygens (including phenoxy) is 2. The Morgan fingerprint density at radius 2 is 1.71 bits per heavy atom. The molecule has 6 nitrogen and oxygen atoms in total. The van der Waals surface area contributed by atoms with Gasteiger partial charge in [-0.3, -0.25) is 4.79 Å². The molecule has 1 aromatic rings. The third-order valence-electron chi connectivity index (χ3n) is 2.33. The zero-order valence-electron chi connectivity index (χ0n) is 11.5. The van der Waals surface area contributed by atoms with Crippen LogP contribution in [-0.2, 0) is 28.9 Å². The van der Waals surface area contributed by atoms with Gasteiger partial charge in [-0.25, -0.2) is 13.2 Å². The number of hydrogen-bond acceptors (Lipinski definition) is 6. The summed E-state index contributed by atoms with van der Waals surface area (Å²) in [7, 11) is -3.67. The predicted molar refractivity (Wildman–Crippen MR) is 75.0 cm³/mol. The molecule has 0 aliphatic heterocycles. The highest BCUT2D eigenvalue weighted by atomic mass is 32.2. The van der Waals surface area contributed by atoms with E-state index in [2.05, 4.69) is 0 Å². The number of carbonyl (C=O) groups excluding carboxylic acids is 2. The summed E-state index contributed by atoms with van der Waals surface area (Å²) in [4.78, 5) is 22.2. The third-order valence-corrected chi connectivity index (χ3v) is 3.76. The molecule has 0 saturated carbocycles. The Bertz CT molecular complexity index is 604. The Labute approximate surface area is 123 Å². The summed E-state index contributed by atoms with van der Waals surface area (Å²) in [5, 5.41) is 0.780. The summed E-state index contributed by atoms with van der Waals surface area (Å²) >= 11 is 0. The van der Waals surface area contributed by atoms with Gasteiger partial charge in [0.2, 0.25) is 0 Å². The average molecular weight is 312 g/mol. The molecule has 0 N–H and O–H groups in total. The van der Waals surface area contributed by atoms with Gasteiger partial charge in [-0.2, -0.15) is 0 Å². The molecular formula is C14H16O6S. The van der Waals surface area contributed by atoms with Gasteiger partial charge in [0.15, 0.2) is 9.84 Å². The van der Waals surface area contributed by atoms with Crippen molar-refractivity contribution >= 4 is 21.8 Å². The summed E-state index contributed by atoms with van der Waals surface area (Å²) in [5.74, 6) is -1.21. The summed E-state index contributed by atoms with van der Waals surface area (Å²) < 4.78 is 33.1. The van der Waals surface area contributed by atoms with Crippen molar-refractivity contribution in [1.82, 2.24) is 0 Å². The standard InChI is InChI=1S/C14H16O6S/c1-2-13(15)19-9-10-20-14(16)8-11-21(17,18)12-6-4-3-5-7-12/h3-8,11H,2,9-10H2,1H3/b11-8+. The molecule has 7 heteroatoms. The van der Waals surface area contributed by atoms with E-state index >= 15 is 0 Å². The molecule has 114 valence electrons. The van der Waals surface area contributed by atoms with Crippen LogP contribution < -0.4 is 0 Å². The molecule has 0 saturated heterocycles. The Hall–Kier alpha value is -2.15. The molecule has 0 unspecified atom stereocenters. The van der Waals surface area contributed by atoms with Crippen molar-refractivity contribution in [3.8, 4) is 0 Å². The molecule has 1 rings (SSSR count). The maximum atomic E-state index is 11.8. The van der Waals surface area contributed by atoms with Crippen LogP contribution in [0.15, 0.2) is 46.7 Å². The van der Waals surface area contributed by atoms with Gasteiger partial charge < -0.3 is 9.47 Å². The van der Waals surface area contributed by atoms with E-state index in [4.69, 9.17) is 9.47 Å². The van der Waals surface area contributed by atoms with Crippen LogP contribution in [0.2, 0.25) is 0 Å². The van der Waals surface area contributed by atoms with E-state index in [1.54, 1.807) is 25.1 Å². The monoisotopic (exact) mass is 312 g/mol. The molecule has 0 aliphatic carbocycles. The van der Waals surface area contributed by atoms with Crippen molar-refractivity contribution in [3.63, 3.8) is 0 Å². The van der Waals surface area contributed by atoms with E-state index in [0.717, 1.165) is 11.5 Å². The third kappa shape index (κ3) is 6.22. The van der Waals surface area contributed by atoms with E-state index in [-0.39, 0.29) is 24.5 Å². The van der Waals surface area contributed by atoms with Crippen molar-refractivity contribution in [2.45, 2.75) is 18.2 Å². The molecule has 0 atom stereocenters. The molecule has 0 aromatic heterocycles. The van der Waals surface area contributed by atoms with E-state index in [0.29, 0.717) is 0 Å². The normalized spacial score (nSPS) is 11.3. The van der Waals surface area contributed by atoms with Gasteiger partial charge in [0.05, 0.1) is 4.90 Å². The molecule has 0 aliphatic rings. The van der Waals surface area contributed by atoms with Gasteiger partial charge in [0, 0.05) is 17.9 Å². The minimum absolute atomic E-state index is 0.0578. The van der Waals surface area contributed by atoms with Gasteiger partial charge in [-0.15, -0.1) is 0 Å². The number of benzene rings is 1. The van der Waals surface area contributed by atoms with Gasteiger partial charge in [-0.1, -0.05) is 25.1 Å². The first kappa shape index (κ1) is 16.9. The number of esters is 2. The molecule has 0 radical (unpaired) electrons. The van der Waals surface area contributed by atoms with Crippen LogP contribution in [0.25, 0.3) is 0 Å². The summed E-state index contributed by atoms with van der Waals surface area (Å²) in [6.07, 6.45) is 1.06. The van der Waals surface area contributed by atoms with E-state index in [1.807, 2.05) is 0 Å². The molecule has 1 aromatic carbocycles.